The molecule has 6 N–H and O–H groups in total. The summed E-state index contributed by atoms with van der Waals surface area (Å²) in [6, 6.07) is 12.6. The maximum Gasteiger partial charge on any atom is 0.407 e. The highest BCUT2D eigenvalue weighted by Gasteiger charge is 2.19. The van der Waals surface area contributed by atoms with E-state index in [9.17, 15) is 27.6 Å². The normalized spacial score (nSPS) is 11.0. The van der Waals surface area contributed by atoms with Gasteiger partial charge in [-0.1, -0.05) is 23.5 Å². The molecule has 0 fully saturated rings. The smallest absolute Gasteiger partial charge is 0.407 e. The van der Waals surface area contributed by atoms with E-state index in [1.807, 2.05) is 10.6 Å². The first-order chi connectivity index (χ1) is 19.7. The van der Waals surface area contributed by atoms with Crippen LogP contribution in [0, 0.1) is 0 Å². The van der Waals surface area contributed by atoms with E-state index in [4.69, 9.17) is 10.2 Å². The molecule has 0 aliphatic carbocycles. The highest BCUT2D eigenvalue weighted by atomic mass is 32.2. The van der Waals surface area contributed by atoms with Crippen LogP contribution in [0.25, 0.3) is 0 Å². The number of hydrogen-bond acceptors (Lipinski definition) is 9. The summed E-state index contributed by atoms with van der Waals surface area (Å²) < 4.78 is 23.4. The number of benzene rings is 2. The Hall–Kier alpha value is -4.70. The van der Waals surface area contributed by atoms with E-state index in [2.05, 4.69) is 15.6 Å². The topological polar surface area (TPSA) is 207 Å². The first-order valence-electron chi connectivity index (χ1n) is 12.4. The van der Waals surface area contributed by atoms with E-state index in [0.29, 0.717) is 34.9 Å². The average Bonchev–Trinajstić information content (AvgIpc) is 3.26. The van der Waals surface area contributed by atoms with Gasteiger partial charge in [0, 0.05) is 36.4 Å². The molecule has 0 radical (unpaired) electrons. The molecule has 0 unspecified atom stereocenters. The molecule has 224 valence electrons. The van der Waals surface area contributed by atoms with Gasteiger partial charge in [-0.2, -0.15) is 0 Å². The Labute approximate surface area is 245 Å². The molecule has 2 aromatic carbocycles. The van der Waals surface area contributed by atoms with Crippen LogP contribution in [0.5, 0.6) is 0 Å². The van der Waals surface area contributed by atoms with Gasteiger partial charge in [0.05, 0.1) is 17.1 Å². The predicted molar refractivity (Wildman–Crippen MR) is 155 cm³/mol. The Kier molecular flexibility index (Phi) is 10.4. The number of thiazole rings is 1. The second-order valence-electron chi connectivity index (χ2n) is 9.20. The standard InChI is InChI=1S/C26H30N6O8S2/c1-15(33)27-24-29-20(13-6-16-4-9-18(10-5-16)28-23(30-25(35)36)31-26(37)38)21(41-24)14-32(2)22(34)17-7-11-19(12-8-17)42(3,39)40/h4-5,7-12,23,28,30-31H,6,13-14H2,1-3H3,(H,35,36)(H,37,38)(H,27,29,33). The Bertz CT molecular complexity index is 1540. The van der Waals surface area contributed by atoms with Gasteiger partial charge < -0.3 is 25.7 Å². The molecular weight excluding hydrogens is 588 g/mol. The summed E-state index contributed by atoms with van der Waals surface area (Å²) in [5.41, 5.74) is 2.39. The molecule has 16 heteroatoms. The van der Waals surface area contributed by atoms with E-state index >= 15 is 0 Å². The number of rotatable bonds is 12. The second-order valence-corrected chi connectivity index (χ2v) is 12.3. The summed E-state index contributed by atoms with van der Waals surface area (Å²) in [7, 11) is -1.77. The maximum absolute atomic E-state index is 13.0. The molecule has 0 saturated carbocycles. The van der Waals surface area contributed by atoms with Crippen molar-refractivity contribution in [1.29, 1.82) is 0 Å². The molecule has 14 nitrogen and oxygen atoms in total. The third-order valence-corrected chi connectivity index (χ3v) is 7.90. The molecule has 3 rings (SSSR count). The van der Waals surface area contributed by atoms with Gasteiger partial charge in [-0.15, -0.1) is 0 Å². The van der Waals surface area contributed by atoms with Crippen molar-refractivity contribution in [3.63, 3.8) is 0 Å². The van der Waals surface area contributed by atoms with Gasteiger partial charge in [-0.3, -0.25) is 20.2 Å². The third-order valence-electron chi connectivity index (χ3n) is 5.77. The summed E-state index contributed by atoms with van der Waals surface area (Å²) in [5.74, 6) is -0.597. The Morgan fingerprint density at radius 1 is 0.952 bits per heavy atom. The fourth-order valence-electron chi connectivity index (χ4n) is 3.81. The van der Waals surface area contributed by atoms with E-state index in [0.717, 1.165) is 16.7 Å². The van der Waals surface area contributed by atoms with Crippen molar-refractivity contribution in [2.75, 3.05) is 23.9 Å². The van der Waals surface area contributed by atoms with Crippen LogP contribution in [0.1, 0.15) is 33.4 Å². The first-order valence-corrected chi connectivity index (χ1v) is 15.1. The van der Waals surface area contributed by atoms with Crippen LogP contribution in [0.3, 0.4) is 0 Å². The molecule has 0 saturated heterocycles. The Morgan fingerprint density at radius 3 is 2.07 bits per heavy atom. The Balaban J connectivity index is 1.71. The number of sulfone groups is 1. The summed E-state index contributed by atoms with van der Waals surface area (Å²) in [5, 5.41) is 27.6. The molecule has 0 atom stereocenters. The van der Waals surface area contributed by atoms with Gasteiger partial charge >= 0.3 is 12.2 Å². The number of carboxylic acid groups (broad SMARTS) is 2. The quantitative estimate of drug-likeness (QED) is 0.164. The number of nitrogens with zero attached hydrogens (tertiary/aromatic N) is 2. The second kappa shape index (κ2) is 13.8. The van der Waals surface area contributed by atoms with Crippen molar-refractivity contribution < 1.29 is 37.8 Å². The van der Waals surface area contributed by atoms with Crippen molar-refractivity contribution in [3.05, 3.63) is 70.2 Å². The highest BCUT2D eigenvalue weighted by molar-refractivity contribution is 7.90. The summed E-state index contributed by atoms with van der Waals surface area (Å²) in [6.45, 7) is 1.57. The van der Waals surface area contributed by atoms with Crippen LogP contribution in [-0.2, 0) is 34.0 Å². The van der Waals surface area contributed by atoms with Crippen LogP contribution >= 0.6 is 11.3 Å². The molecule has 42 heavy (non-hydrogen) atoms. The van der Waals surface area contributed by atoms with E-state index in [1.165, 1.54) is 47.4 Å². The summed E-state index contributed by atoms with van der Waals surface area (Å²) in [4.78, 5) is 53.4. The monoisotopic (exact) mass is 618 g/mol. The molecule has 1 heterocycles. The van der Waals surface area contributed by atoms with Crippen LogP contribution in [-0.4, -0.2) is 72.1 Å². The third kappa shape index (κ3) is 9.45. The van der Waals surface area contributed by atoms with Gasteiger partial charge in [0.2, 0.25) is 5.91 Å². The van der Waals surface area contributed by atoms with E-state index < -0.39 is 28.3 Å². The average molecular weight is 619 g/mol. The lowest BCUT2D eigenvalue weighted by molar-refractivity contribution is -0.114. The van der Waals surface area contributed by atoms with Crippen molar-refractivity contribution >= 4 is 56.0 Å². The zero-order valence-electron chi connectivity index (χ0n) is 22.9. The molecule has 1 aromatic heterocycles. The van der Waals surface area contributed by atoms with Crippen LogP contribution in [0.2, 0.25) is 0 Å². The number of aromatic nitrogens is 1. The molecule has 0 aliphatic heterocycles. The van der Waals surface area contributed by atoms with E-state index in [-0.39, 0.29) is 23.3 Å². The SMILES string of the molecule is CC(=O)Nc1nc(CCc2ccc(NC(NC(=O)O)NC(=O)O)cc2)c(CN(C)C(=O)c2ccc(S(C)(=O)=O)cc2)s1. The zero-order valence-corrected chi connectivity index (χ0v) is 24.5. The fraction of sp³-hybridized carbons (Fsp3) is 0.269. The largest absolute Gasteiger partial charge is 0.465 e. The highest BCUT2D eigenvalue weighted by Crippen LogP contribution is 2.26. The van der Waals surface area contributed by atoms with Crippen molar-refractivity contribution in [3.8, 4) is 0 Å². The maximum atomic E-state index is 13.0. The summed E-state index contributed by atoms with van der Waals surface area (Å²) in [6.07, 6.45) is -1.96. The predicted octanol–water partition coefficient (Wildman–Crippen LogP) is 2.79. The van der Waals surface area contributed by atoms with Crippen molar-refractivity contribution in [2.24, 2.45) is 0 Å². The minimum atomic E-state index is -3.39. The lowest BCUT2D eigenvalue weighted by Crippen LogP contribution is -2.52. The fourth-order valence-corrected chi connectivity index (χ4v) is 5.55. The number of hydrogen-bond donors (Lipinski definition) is 6. The van der Waals surface area contributed by atoms with Crippen LogP contribution in [0.4, 0.5) is 20.4 Å². The molecule has 4 amide bonds. The molecule has 0 aliphatic rings. The molecule has 3 aromatic rings. The van der Waals surface area contributed by atoms with Gasteiger partial charge in [0.1, 0.15) is 0 Å². The molecule has 0 spiro atoms. The van der Waals surface area contributed by atoms with Gasteiger partial charge in [0.25, 0.3) is 5.91 Å². The Morgan fingerprint density at radius 2 is 1.55 bits per heavy atom. The lowest BCUT2D eigenvalue weighted by atomic mass is 10.1. The number of carbonyl (C=O) groups is 4. The van der Waals surface area contributed by atoms with Gasteiger partial charge in [-0.25, -0.2) is 23.0 Å². The minimum absolute atomic E-state index is 0.115. The van der Waals surface area contributed by atoms with Gasteiger partial charge in [-0.05, 0) is 54.8 Å². The van der Waals surface area contributed by atoms with Crippen LogP contribution in [0.15, 0.2) is 53.4 Å². The van der Waals surface area contributed by atoms with Crippen molar-refractivity contribution in [2.45, 2.75) is 37.5 Å². The number of anilines is 2. The van der Waals surface area contributed by atoms with Crippen molar-refractivity contribution in [1.82, 2.24) is 20.5 Å². The zero-order chi connectivity index (χ0) is 31.0. The lowest BCUT2D eigenvalue weighted by Gasteiger charge is -2.19. The van der Waals surface area contributed by atoms with Gasteiger partial charge in [0.15, 0.2) is 21.3 Å². The minimum Gasteiger partial charge on any atom is -0.465 e. The molecular formula is C26H30N6O8S2. The van der Waals surface area contributed by atoms with Crippen LogP contribution < -0.4 is 21.3 Å². The number of amides is 4. The number of nitrogens with one attached hydrogen (secondary N) is 4. The molecule has 0 bridgehead atoms. The number of aryl methyl sites for hydroxylation is 2. The van der Waals surface area contributed by atoms with E-state index in [1.54, 1.807) is 31.3 Å². The first kappa shape index (κ1) is 31.8. The summed E-state index contributed by atoms with van der Waals surface area (Å²) >= 11 is 1.25. The number of carbonyl (C=O) groups excluding carboxylic acids is 2.